The first-order chi connectivity index (χ1) is 7.27. The number of nitrogens with two attached hydrogens (primary N) is 1. The van der Waals surface area contributed by atoms with Gasteiger partial charge in [-0.05, 0) is 36.4 Å². The number of hydrogen-bond donors (Lipinski definition) is 1. The number of benzene rings is 1. The standard InChI is InChI=1S/C11H13FN2S/c12-11-6-9(7-14)2-3-10(11)8-15-5-1-4-13/h2-3,6H,1,4-5,8,13H2. The molecule has 0 saturated heterocycles. The first kappa shape index (κ1) is 12.0. The molecule has 1 aromatic rings. The summed E-state index contributed by atoms with van der Waals surface area (Å²) in [6.07, 6.45) is 0.947. The summed E-state index contributed by atoms with van der Waals surface area (Å²) in [6, 6.07) is 6.50. The Morgan fingerprint density at radius 2 is 2.27 bits per heavy atom. The molecule has 0 unspecified atom stereocenters. The number of rotatable bonds is 5. The van der Waals surface area contributed by atoms with Crippen LogP contribution in [-0.4, -0.2) is 12.3 Å². The summed E-state index contributed by atoms with van der Waals surface area (Å²) >= 11 is 1.66. The van der Waals surface area contributed by atoms with Crippen LogP contribution in [0, 0.1) is 17.1 Å². The lowest BCUT2D eigenvalue weighted by atomic mass is 10.1. The Morgan fingerprint density at radius 1 is 1.47 bits per heavy atom. The second-order valence-corrected chi connectivity index (χ2v) is 4.22. The Balaban J connectivity index is 2.52. The largest absolute Gasteiger partial charge is 0.330 e. The summed E-state index contributed by atoms with van der Waals surface area (Å²) in [5.74, 6) is 1.28. The van der Waals surface area contributed by atoms with Crippen LogP contribution in [0.1, 0.15) is 17.5 Å². The molecule has 0 fully saturated rings. The van der Waals surface area contributed by atoms with Gasteiger partial charge in [0.1, 0.15) is 5.82 Å². The zero-order valence-electron chi connectivity index (χ0n) is 8.37. The molecule has 80 valence electrons. The molecule has 4 heteroatoms. The van der Waals surface area contributed by atoms with Crippen molar-refractivity contribution < 1.29 is 4.39 Å². The molecule has 2 N–H and O–H groups in total. The average Bonchev–Trinajstić information content (AvgIpc) is 2.26. The molecule has 0 heterocycles. The Bertz CT molecular complexity index is 360. The van der Waals surface area contributed by atoms with Crippen molar-refractivity contribution in [3.05, 3.63) is 35.1 Å². The minimum atomic E-state index is -0.297. The topological polar surface area (TPSA) is 49.8 Å². The smallest absolute Gasteiger partial charge is 0.128 e. The van der Waals surface area contributed by atoms with Gasteiger partial charge < -0.3 is 5.73 Å². The fourth-order valence-corrected chi connectivity index (χ4v) is 2.07. The van der Waals surface area contributed by atoms with E-state index in [1.54, 1.807) is 23.9 Å². The number of nitrogens with zero attached hydrogens (tertiary/aromatic N) is 1. The summed E-state index contributed by atoms with van der Waals surface area (Å²) < 4.78 is 13.4. The molecule has 0 aliphatic carbocycles. The molecule has 0 spiro atoms. The van der Waals surface area contributed by atoms with E-state index in [0.29, 0.717) is 23.4 Å². The van der Waals surface area contributed by atoms with Crippen molar-refractivity contribution >= 4 is 11.8 Å². The molecule has 1 aromatic carbocycles. The van der Waals surface area contributed by atoms with Crippen LogP contribution < -0.4 is 5.73 Å². The number of nitriles is 1. The maximum Gasteiger partial charge on any atom is 0.128 e. The third-order valence-corrected chi connectivity index (χ3v) is 3.03. The van der Waals surface area contributed by atoms with Crippen molar-refractivity contribution in [3.63, 3.8) is 0 Å². The second-order valence-electron chi connectivity index (χ2n) is 3.11. The Morgan fingerprint density at radius 3 is 2.87 bits per heavy atom. The average molecular weight is 224 g/mol. The van der Waals surface area contributed by atoms with Crippen molar-refractivity contribution in [1.82, 2.24) is 0 Å². The predicted molar refractivity (Wildman–Crippen MR) is 60.9 cm³/mol. The van der Waals surface area contributed by atoms with Crippen LogP contribution in [-0.2, 0) is 5.75 Å². The first-order valence-electron chi connectivity index (χ1n) is 4.74. The van der Waals surface area contributed by atoms with E-state index >= 15 is 0 Å². The summed E-state index contributed by atoms with van der Waals surface area (Å²) in [4.78, 5) is 0. The van der Waals surface area contributed by atoms with Gasteiger partial charge in [0.25, 0.3) is 0 Å². The van der Waals surface area contributed by atoms with Gasteiger partial charge in [-0.1, -0.05) is 6.07 Å². The van der Waals surface area contributed by atoms with E-state index in [0.717, 1.165) is 12.2 Å². The normalized spacial score (nSPS) is 9.93. The summed E-state index contributed by atoms with van der Waals surface area (Å²) in [5, 5.41) is 8.56. The van der Waals surface area contributed by atoms with E-state index in [1.165, 1.54) is 6.07 Å². The van der Waals surface area contributed by atoms with Crippen LogP contribution in [0.5, 0.6) is 0 Å². The number of thioether (sulfide) groups is 1. The fourth-order valence-electron chi connectivity index (χ4n) is 1.10. The van der Waals surface area contributed by atoms with Gasteiger partial charge in [-0.15, -0.1) is 0 Å². The van der Waals surface area contributed by atoms with Crippen LogP contribution in [0.25, 0.3) is 0 Å². The Hall–Kier alpha value is -1.05. The van der Waals surface area contributed by atoms with E-state index in [2.05, 4.69) is 0 Å². The molecular formula is C11H13FN2S. The lowest BCUT2D eigenvalue weighted by molar-refractivity contribution is 0.617. The van der Waals surface area contributed by atoms with Gasteiger partial charge in [0, 0.05) is 5.75 Å². The van der Waals surface area contributed by atoms with Gasteiger partial charge in [-0.3, -0.25) is 0 Å². The van der Waals surface area contributed by atoms with Gasteiger partial charge in [0.05, 0.1) is 11.6 Å². The molecule has 0 bridgehead atoms. The fraction of sp³-hybridized carbons (Fsp3) is 0.364. The summed E-state index contributed by atoms with van der Waals surface area (Å²) in [5.41, 5.74) is 6.37. The first-order valence-corrected chi connectivity index (χ1v) is 5.89. The van der Waals surface area contributed by atoms with E-state index in [9.17, 15) is 4.39 Å². The monoisotopic (exact) mass is 224 g/mol. The molecule has 1 rings (SSSR count). The second kappa shape index (κ2) is 6.44. The predicted octanol–water partition coefficient (Wildman–Crippen LogP) is 2.28. The Kier molecular flexibility index (Phi) is 5.16. The van der Waals surface area contributed by atoms with Gasteiger partial charge in [-0.25, -0.2) is 4.39 Å². The zero-order valence-corrected chi connectivity index (χ0v) is 9.19. The highest BCUT2D eigenvalue weighted by Crippen LogP contribution is 2.17. The van der Waals surface area contributed by atoms with E-state index in [1.807, 2.05) is 6.07 Å². The van der Waals surface area contributed by atoms with Crippen molar-refractivity contribution in [2.45, 2.75) is 12.2 Å². The molecule has 0 amide bonds. The maximum absolute atomic E-state index is 13.4. The molecular weight excluding hydrogens is 211 g/mol. The lowest BCUT2D eigenvalue weighted by Crippen LogP contribution is -1.99. The van der Waals surface area contributed by atoms with Crippen LogP contribution in [0.15, 0.2) is 18.2 Å². The highest BCUT2D eigenvalue weighted by Gasteiger charge is 2.03. The molecule has 0 radical (unpaired) electrons. The lowest BCUT2D eigenvalue weighted by Gasteiger charge is -2.02. The van der Waals surface area contributed by atoms with Crippen molar-refractivity contribution in [2.75, 3.05) is 12.3 Å². The zero-order chi connectivity index (χ0) is 11.1. The highest BCUT2D eigenvalue weighted by molar-refractivity contribution is 7.98. The van der Waals surface area contributed by atoms with Crippen molar-refractivity contribution in [1.29, 1.82) is 5.26 Å². The van der Waals surface area contributed by atoms with E-state index in [-0.39, 0.29) is 5.82 Å². The number of hydrogen-bond acceptors (Lipinski definition) is 3. The summed E-state index contributed by atoms with van der Waals surface area (Å²) in [6.45, 7) is 0.669. The molecule has 0 aromatic heterocycles. The van der Waals surface area contributed by atoms with E-state index in [4.69, 9.17) is 11.0 Å². The summed E-state index contributed by atoms with van der Waals surface area (Å²) in [7, 11) is 0. The minimum Gasteiger partial charge on any atom is -0.330 e. The van der Waals surface area contributed by atoms with Crippen LogP contribution in [0.4, 0.5) is 4.39 Å². The van der Waals surface area contributed by atoms with Crippen molar-refractivity contribution in [2.24, 2.45) is 5.73 Å². The quantitative estimate of drug-likeness (QED) is 0.781. The number of halogens is 1. The third kappa shape index (κ3) is 3.90. The van der Waals surface area contributed by atoms with Crippen LogP contribution >= 0.6 is 11.8 Å². The van der Waals surface area contributed by atoms with Gasteiger partial charge >= 0.3 is 0 Å². The molecule has 0 aliphatic rings. The van der Waals surface area contributed by atoms with E-state index < -0.39 is 0 Å². The highest BCUT2D eigenvalue weighted by atomic mass is 32.2. The molecule has 15 heavy (non-hydrogen) atoms. The van der Waals surface area contributed by atoms with Crippen molar-refractivity contribution in [3.8, 4) is 6.07 Å². The van der Waals surface area contributed by atoms with Crippen LogP contribution in [0.2, 0.25) is 0 Å². The molecule has 0 atom stereocenters. The van der Waals surface area contributed by atoms with Crippen LogP contribution in [0.3, 0.4) is 0 Å². The SMILES string of the molecule is N#Cc1ccc(CSCCCN)c(F)c1. The molecule has 2 nitrogen and oxygen atoms in total. The minimum absolute atomic E-state index is 0.297. The molecule has 0 aliphatic heterocycles. The van der Waals surface area contributed by atoms with Gasteiger partial charge in [0.2, 0.25) is 0 Å². The van der Waals surface area contributed by atoms with Gasteiger partial charge in [-0.2, -0.15) is 17.0 Å². The third-order valence-electron chi connectivity index (χ3n) is 1.93. The Labute approximate surface area is 93.3 Å². The maximum atomic E-state index is 13.4. The van der Waals surface area contributed by atoms with Gasteiger partial charge in [0.15, 0.2) is 0 Å². The molecule has 0 saturated carbocycles.